The zero-order chi connectivity index (χ0) is 21.2. The number of hydrogen-bond donors (Lipinski definition) is 1. The summed E-state index contributed by atoms with van der Waals surface area (Å²) in [5.41, 5.74) is 2.18. The van der Waals surface area contributed by atoms with Crippen molar-refractivity contribution in [1.29, 1.82) is 0 Å². The highest BCUT2D eigenvalue weighted by Gasteiger charge is 2.25. The number of thioether (sulfide) groups is 1. The van der Waals surface area contributed by atoms with Crippen molar-refractivity contribution in [2.24, 2.45) is 5.92 Å². The Morgan fingerprint density at radius 1 is 1.03 bits per heavy atom. The van der Waals surface area contributed by atoms with E-state index in [0.717, 1.165) is 16.0 Å². The third kappa shape index (κ3) is 7.94. The smallest absolute Gasteiger partial charge is 0.242 e. The van der Waals surface area contributed by atoms with Gasteiger partial charge in [-0.3, -0.25) is 9.59 Å². The molecule has 2 aromatic carbocycles. The molecule has 4 nitrogen and oxygen atoms in total. The Balaban J connectivity index is 2.05. The van der Waals surface area contributed by atoms with E-state index in [-0.39, 0.29) is 11.8 Å². The van der Waals surface area contributed by atoms with E-state index in [4.69, 9.17) is 0 Å². The standard InChI is InChI=1S/C24H32N2O2S/c1-18(2)16-25-24(28)20(4)26(17-21-10-8-9-19(3)15-21)23(27)13-14-29-22-11-6-5-7-12-22/h5-12,15,18,20H,13-14,16-17H2,1-4H3,(H,25,28)/t20-/m0/s1. The molecule has 0 aliphatic carbocycles. The summed E-state index contributed by atoms with van der Waals surface area (Å²) in [6.07, 6.45) is 0.396. The van der Waals surface area contributed by atoms with E-state index in [1.807, 2.05) is 62.4 Å². The number of nitrogens with one attached hydrogen (secondary N) is 1. The molecule has 0 radical (unpaired) electrons. The van der Waals surface area contributed by atoms with Crippen LogP contribution in [0.25, 0.3) is 0 Å². The molecule has 0 heterocycles. The number of hydrogen-bond acceptors (Lipinski definition) is 3. The van der Waals surface area contributed by atoms with Crippen LogP contribution in [0.2, 0.25) is 0 Å². The van der Waals surface area contributed by atoms with Crippen molar-refractivity contribution < 1.29 is 9.59 Å². The first-order valence-electron chi connectivity index (χ1n) is 10.2. The van der Waals surface area contributed by atoms with Crippen molar-refractivity contribution in [2.75, 3.05) is 12.3 Å². The fourth-order valence-electron chi connectivity index (χ4n) is 2.96. The topological polar surface area (TPSA) is 49.4 Å². The van der Waals surface area contributed by atoms with Gasteiger partial charge in [-0.15, -0.1) is 11.8 Å². The van der Waals surface area contributed by atoms with Gasteiger partial charge < -0.3 is 10.2 Å². The molecule has 0 saturated heterocycles. The molecular weight excluding hydrogens is 380 g/mol. The summed E-state index contributed by atoms with van der Waals surface area (Å²) in [6, 6.07) is 17.6. The fourth-order valence-corrected chi connectivity index (χ4v) is 3.82. The lowest BCUT2D eigenvalue weighted by atomic mass is 10.1. The Kier molecular flexibility index (Phi) is 9.26. The number of amides is 2. The predicted octanol–water partition coefficient (Wildman–Crippen LogP) is 4.67. The van der Waals surface area contributed by atoms with Gasteiger partial charge >= 0.3 is 0 Å². The molecular formula is C24H32N2O2S. The minimum Gasteiger partial charge on any atom is -0.354 e. The zero-order valence-electron chi connectivity index (χ0n) is 17.9. The third-order valence-corrected chi connectivity index (χ3v) is 5.63. The molecule has 0 saturated carbocycles. The van der Waals surface area contributed by atoms with Crippen LogP contribution in [0.1, 0.15) is 38.3 Å². The predicted molar refractivity (Wildman–Crippen MR) is 121 cm³/mol. The van der Waals surface area contributed by atoms with E-state index in [2.05, 4.69) is 25.2 Å². The minimum atomic E-state index is -0.511. The van der Waals surface area contributed by atoms with Gasteiger partial charge in [0, 0.05) is 30.2 Å². The zero-order valence-corrected chi connectivity index (χ0v) is 18.7. The Hall–Kier alpha value is -2.27. The van der Waals surface area contributed by atoms with Crippen molar-refractivity contribution in [3.8, 4) is 0 Å². The molecule has 2 aromatic rings. The van der Waals surface area contributed by atoms with Crippen LogP contribution >= 0.6 is 11.8 Å². The maximum atomic E-state index is 13.0. The normalized spacial score (nSPS) is 11.9. The second kappa shape index (κ2) is 11.7. The first kappa shape index (κ1) is 23.0. The van der Waals surface area contributed by atoms with Crippen LogP contribution in [0.5, 0.6) is 0 Å². The van der Waals surface area contributed by atoms with Crippen LogP contribution in [-0.2, 0) is 16.1 Å². The van der Waals surface area contributed by atoms with Gasteiger partial charge in [0.1, 0.15) is 6.04 Å². The molecule has 0 spiro atoms. The molecule has 0 bridgehead atoms. The highest BCUT2D eigenvalue weighted by molar-refractivity contribution is 7.99. The van der Waals surface area contributed by atoms with Gasteiger partial charge in [-0.1, -0.05) is 61.9 Å². The Morgan fingerprint density at radius 2 is 1.76 bits per heavy atom. The molecule has 2 rings (SSSR count). The van der Waals surface area contributed by atoms with Crippen LogP contribution in [-0.4, -0.2) is 35.1 Å². The molecule has 1 N–H and O–H groups in total. The van der Waals surface area contributed by atoms with E-state index in [1.165, 1.54) is 0 Å². The highest BCUT2D eigenvalue weighted by atomic mass is 32.2. The number of nitrogens with zero attached hydrogens (tertiary/aromatic N) is 1. The molecule has 0 fully saturated rings. The highest BCUT2D eigenvalue weighted by Crippen LogP contribution is 2.19. The summed E-state index contributed by atoms with van der Waals surface area (Å²) in [5.74, 6) is 0.958. The Labute approximate surface area is 179 Å². The van der Waals surface area contributed by atoms with E-state index in [9.17, 15) is 9.59 Å². The van der Waals surface area contributed by atoms with Crippen molar-refractivity contribution in [2.45, 2.75) is 51.6 Å². The quantitative estimate of drug-likeness (QED) is 0.577. The van der Waals surface area contributed by atoms with Crippen molar-refractivity contribution in [3.05, 3.63) is 65.7 Å². The van der Waals surface area contributed by atoms with Crippen LogP contribution in [0.3, 0.4) is 0 Å². The molecule has 2 amide bonds. The second-order valence-corrected chi connectivity index (χ2v) is 8.91. The number of aryl methyl sites for hydroxylation is 1. The number of carbonyl (C=O) groups excluding carboxylic acids is 2. The van der Waals surface area contributed by atoms with Crippen LogP contribution in [0.4, 0.5) is 0 Å². The Morgan fingerprint density at radius 3 is 2.41 bits per heavy atom. The van der Waals surface area contributed by atoms with E-state index in [0.29, 0.717) is 31.2 Å². The Bertz CT molecular complexity index is 792. The molecule has 1 atom stereocenters. The average Bonchev–Trinajstić information content (AvgIpc) is 2.70. The second-order valence-electron chi connectivity index (χ2n) is 7.74. The summed E-state index contributed by atoms with van der Waals surface area (Å²) in [7, 11) is 0. The van der Waals surface area contributed by atoms with Crippen LogP contribution in [0.15, 0.2) is 59.5 Å². The van der Waals surface area contributed by atoms with Gasteiger partial charge in [0.15, 0.2) is 0 Å². The molecule has 0 aliphatic heterocycles. The number of rotatable bonds is 10. The van der Waals surface area contributed by atoms with Gasteiger partial charge in [0.05, 0.1) is 0 Å². The van der Waals surface area contributed by atoms with Gasteiger partial charge in [0.2, 0.25) is 11.8 Å². The number of carbonyl (C=O) groups is 2. The summed E-state index contributed by atoms with van der Waals surface area (Å²) >= 11 is 1.66. The van der Waals surface area contributed by atoms with Crippen molar-refractivity contribution in [1.82, 2.24) is 10.2 Å². The van der Waals surface area contributed by atoms with Crippen LogP contribution < -0.4 is 5.32 Å². The third-order valence-electron chi connectivity index (χ3n) is 4.62. The lowest BCUT2D eigenvalue weighted by Crippen LogP contribution is -2.48. The number of benzene rings is 2. The first-order valence-corrected chi connectivity index (χ1v) is 11.2. The SMILES string of the molecule is Cc1cccc(CN(C(=O)CCSc2ccccc2)[C@@H](C)C(=O)NCC(C)C)c1. The fraction of sp³-hybridized carbons (Fsp3) is 0.417. The molecule has 0 aromatic heterocycles. The van der Waals surface area contributed by atoms with E-state index >= 15 is 0 Å². The van der Waals surface area contributed by atoms with Gasteiger partial charge in [0.25, 0.3) is 0 Å². The largest absolute Gasteiger partial charge is 0.354 e. The summed E-state index contributed by atoms with van der Waals surface area (Å²) < 4.78 is 0. The first-order chi connectivity index (χ1) is 13.9. The lowest BCUT2D eigenvalue weighted by Gasteiger charge is -2.29. The lowest BCUT2D eigenvalue weighted by molar-refractivity contribution is -0.140. The molecule has 156 valence electrons. The molecule has 0 aliphatic rings. The van der Waals surface area contributed by atoms with Gasteiger partial charge in [-0.25, -0.2) is 0 Å². The van der Waals surface area contributed by atoms with E-state index in [1.54, 1.807) is 16.7 Å². The summed E-state index contributed by atoms with van der Waals surface area (Å²) in [5, 5.41) is 2.96. The van der Waals surface area contributed by atoms with Gasteiger partial charge in [-0.05, 0) is 37.5 Å². The molecule has 29 heavy (non-hydrogen) atoms. The molecule has 0 unspecified atom stereocenters. The van der Waals surface area contributed by atoms with E-state index < -0.39 is 6.04 Å². The monoisotopic (exact) mass is 412 g/mol. The van der Waals surface area contributed by atoms with Crippen molar-refractivity contribution >= 4 is 23.6 Å². The van der Waals surface area contributed by atoms with Crippen LogP contribution in [0, 0.1) is 12.8 Å². The van der Waals surface area contributed by atoms with Crippen molar-refractivity contribution in [3.63, 3.8) is 0 Å². The maximum Gasteiger partial charge on any atom is 0.242 e. The van der Waals surface area contributed by atoms with Gasteiger partial charge in [-0.2, -0.15) is 0 Å². The average molecular weight is 413 g/mol. The molecule has 5 heteroatoms. The minimum absolute atomic E-state index is 0.00198. The maximum absolute atomic E-state index is 13.0. The summed E-state index contributed by atoms with van der Waals surface area (Å²) in [6.45, 7) is 9.01. The summed E-state index contributed by atoms with van der Waals surface area (Å²) in [4.78, 5) is 28.5.